The van der Waals surface area contributed by atoms with Gasteiger partial charge in [0.25, 0.3) is 0 Å². The minimum Gasteiger partial charge on any atom is -0.352 e. The molecule has 2 aromatic rings. The quantitative estimate of drug-likeness (QED) is 0.411. The molecule has 0 saturated heterocycles. The number of halogens is 1. The fourth-order valence-corrected chi connectivity index (χ4v) is 5.87. The van der Waals surface area contributed by atoms with Crippen molar-refractivity contribution in [2.45, 2.75) is 77.4 Å². The van der Waals surface area contributed by atoms with Gasteiger partial charge in [-0.05, 0) is 55.0 Å². The zero-order valence-electron chi connectivity index (χ0n) is 22.1. The highest BCUT2D eigenvalue weighted by Gasteiger charge is 2.32. The third kappa shape index (κ3) is 8.04. The number of carbonyl (C=O) groups excluding carboxylic acids is 2. The number of sulfonamides is 1. The molecular formula is C28H38BrN3O4S. The van der Waals surface area contributed by atoms with Gasteiger partial charge in [-0.2, -0.15) is 0 Å². The molecule has 7 nitrogen and oxygen atoms in total. The third-order valence-corrected chi connectivity index (χ3v) is 8.55. The lowest BCUT2D eigenvalue weighted by atomic mass is 9.95. The van der Waals surface area contributed by atoms with Crippen molar-refractivity contribution in [3.63, 3.8) is 0 Å². The summed E-state index contributed by atoms with van der Waals surface area (Å²) in [5.41, 5.74) is 2.17. The van der Waals surface area contributed by atoms with E-state index in [1.165, 1.54) is 11.3 Å². The highest BCUT2D eigenvalue weighted by Crippen LogP contribution is 2.29. The predicted octanol–water partition coefficient (Wildman–Crippen LogP) is 5.20. The molecule has 3 rings (SSSR count). The van der Waals surface area contributed by atoms with Crippen LogP contribution in [0.1, 0.15) is 69.9 Å². The molecule has 1 saturated carbocycles. The van der Waals surface area contributed by atoms with Crippen LogP contribution >= 0.6 is 15.9 Å². The van der Waals surface area contributed by atoms with Crippen LogP contribution in [-0.2, 0) is 26.2 Å². The molecule has 9 heteroatoms. The van der Waals surface area contributed by atoms with E-state index in [0.29, 0.717) is 5.69 Å². The zero-order chi connectivity index (χ0) is 27.2. The average molecular weight is 593 g/mol. The summed E-state index contributed by atoms with van der Waals surface area (Å²) in [4.78, 5) is 28.5. The third-order valence-electron chi connectivity index (χ3n) is 6.89. The number of carbonyl (C=O) groups is 2. The number of anilines is 1. The van der Waals surface area contributed by atoms with Crippen LogP contribution in [0.3, 0.4) is 0 Å². The topological polar surface area (TPSA) is 86.8 Å². The van der Waals surface area contributed by atoms with E-state index < -0.39 is 22.0 Å². The Hall–Kier alpha value is -2.39. The van der Waals surface area contributed by atoms with Crippen molar-refractivity contribution in [2.75, 3.05) is 17.1 Å². The van der Waals surface area contributed by atoms with Crippen molar-refractivity contribution in [3.05, 3.63) is 64.1 Å². The Balaban J connectivity index is 1.91. The molecular weight excluding hydrogens is 554 g/mol. The molecule has 202 valence electrons. The number of nitrogens with zero attached hydrogens (tertiary/aromatic N) is 2. The number of amides is 2. The van der Waals surface area contributed by atoms with E-state index in [0.717, 1.165) is 51.8 Å². The summed E-state index contributed by atoms with van der Waals surface area (Å²) in [5, 5.41) is 3.12. The van der Waals surface area contributed by atoms with Crippen molar-refractivity contribution >= 4 is 43.5 Å². The molecule has 2 amide bonds. The van der Waals surface area contributed by atoms with Crippen molar-refractivity contribution in [1.82, 2.24) is 10.2 Å². The molecule has 1 fully saturated rings. The first-order chi connectivity index (χ1) is 17.5. The molecule has 1 aliphatic carbocycles. The number of para-hydroxylation sites is 1. The lowest BCUT2D eigenvalue weighted by Gasteiger charge is -2.33. The van der Waals surface area contributed by atoms with Crippen LogP contribution in [0.5, 0.6) is 0 Å². The van der Waals surface area contributed by atoms with Crippen LogP contribution in [0.4, 0.5) is 5.69 Å². The molecule has 0 spiro atoms. The minimum atomic E-state index is -3.77. The highest BCUT2D eigenvalue weighted by atomic mass is 79.9. The summed E-state index contributed by atoms with van der Waals surface area (Å²) in [7, 11) is -3.77. The van der Waals surface area contributed by atoms with Crippen LogP contribution in [0.25, 0.3) is 0 Å². The lowest BCUT2D eigenvalue weighted by molar-refractivity contribution is -0.139. The van der Waals surface area contributed by atoms with E-state index in [4.69, 9.17) is 0 Å². The van der Waals surface area contributed by atoms with E-state index >= 15 is 0 Å². The van der Waals surface area contributed by atoms with E-state index in [1.54, 1.807) is 19.1 Å². The Morgan fingerprint density at radius 2 is 1.62 bits per heavy atom. The SMILES string of the molecule is CC(C)c1ccccc1N(CC(=O)N(Cc1ccc(Br)cc1)C(C)C(=O)NC1CCCCC1)S(C)(=O)=O. The molecule has 0 heterocycles. The van der Waals surface area contributed by atoms with Crippen LogP contribution in [0.2, 0.25) is 0 Å². The maximum atomic E-state index is 13.8. The Kier molecular flexibility index (Phi) is 10.2. The number of nitrogens with one attached hydrogen (secondary N) is 1. The molecule has 0 bridgehead atoms. The fraction of sp³-hybridized carbons (Fsp3) is 0.500. The molecule has 1 aliphatic rings. The first-order valence-corrected chi connectivity index (χ1v) is 15.5. The van der Waals surface area contributed by atoms with E-state index in [2.05, 4.69) is 21.2 Å². The molecule has 37 heavy (non-hydrogen) atoms. The maximum Gasteiger partial charge on any atom is 0.244 e. The first-order valence-electron chi connectivity index (χ1n) is 12.9. The van der Waals surface area contributed by atoms with Gasteiger partial charge in [0.2, 0.25) is 21.8 Å². The van der Waals surface area contributed by atoms with Crippen molar-refractivity contribution < 1.29 is 18.0 Å². The number of benzene rings is 2. The fourth-order valence-electron chi connectivity index (χ4n) is 4.74. The van der Waals surface area contributed by atoms with E-state index in [1.807, 2.05) is 50.2 Å². The van der Waals surface area contributed by atoms with Gasteiger partial charge in [-0.25, -0.2) is 8.42 Å². The Morgan fingerprint density at radius 1 is 1.00 bits per heavy atom. The largest absolute Gasteiger partial charge is 0.352 e. The monoisotopic (exact) mass is 591 g/mol. The second-order valence-electron chi connectivity index (χ2n) is 10.2. The molecule has 2 aromatic carbocycles. The summed E-state index contributed by atoms with van der Waals surface area (Å²) in [6, 6.07) is 14.1. The van der Waals surface area contributed by atoms with E-state index in [-0.39, 0.29) is 31.0 Å². The molecule has 1 atom stereocenters. The summed E-state index contributed by atoms with van der Waals surface area (Å²) in [6.45, 7) is 5.48. The molecule has 0 aliphatic heterocycles. The lowest BCUT2D eigenvalue weighted by Crippen LogP contribution is -2.53. The van der Waals surface area contributed by atoms with Crippen molar-refractivity contribution in [3.8, 4) is 0 Å². The Bertz CT molecular complexity index is 1180. The van der Waals surface area contributed by atoms with Gasteiger partial charge in [-0.3, -0.25) is 13.9 Å². The average Bonchev–Trinajstić information content (AvgIpc) is 2.86. The second-order valence-corrected chi connectivity index (χ2v) is 13.0. The normalized spacial score (nSPS) is 15.3. The van der Waals surface area contributed by atoms with Crippen molar-refractivity contribution in [1.29, 1.82) is 0 Å². The number of hydrogen-bond acceptors (Lipinski definition) is 4. The van der Waals surface area contributed by atoms with Gasteiger partial charge >= 0.3 is 0 Å². The first kappa shape index (κ1) is 29.2. The summed E-state index contributed by atoms with van der Waals surface area (Å²) in [6.07, 6.45) is 6.32. The van der Waals surface area contributed by atoms with Gasteiger partial charge < -0.3 is 10.2 Å². The second kappa shape index (κ2) is 12.9. The van der Waals surface area contributed by atoms with Gasteiger partial charge in [0.15, 0.2) is 0 Å². The molecule has 0 aromatic heterocycles. The van der Waals surface area contributed by atoms with Gasteiger partial charge in [0.05, 0.1) is 11.9 Å². The molecule has 1 N–H and O–H groups in total. The van der Waals surface area contributed by atoms with Crippen LogP contribution in [0, 0.1) is 0 Å². The minimum absolute atomic E-state index is 0.0645. The van der Waals surface area contributed by atoms with Crippen molar-refractivity contribution in [2.24, 2.45) is 0 Å². The zero-order valence-corrected chi connectivity index (χ0v) is 24.5. The van der Waals surface area contributed by atoms with Gasteiger partial charge in [-0.1, -0.05) is 79.4 Å². The Morgan fingerprint density at radius 3 is 2.22 bits per heavy atom. The highest BCUT2D eigenvalue weighted by molar-refractivity contribution is 9.10. The van der Waals surface area contributed by atoms with Gasteiger partial charge in [0, 0.05) is 17.1 Å². The number of rotatable bonds is 10. The van der Waals surface area contributed by atoms with E-state index in [9.17, 15) is 18.0 Å². The standard InChI is InChI=1S/C28H38BrN3O4S/c1-20(2)25-12-8-9-13-26(25)32(37(4,35)36)19-27(33)31(18-22-14-16-23(29)17-15-22)21(3)28(34)30-24-10-6-5-7-11-24/h8-9,12-17,20-21,24H,5-7,10-11,18-19H2,1-4H3,(H,30,34). The summed E-state index contributed by atoms with van der Waals surface area (Å²) >= 11 is 3.43. The molecule has 1 unspecified atom stereocenters. The van der Waals surface area contributed by atoms with Gasteiger partial charge in [0.1, 0.15) is 12.6 Å². The predicted molar refractivity (Wildman–Crippen MR) is 152 cm³/mol. The van der Waals surface area contributed by atoms with Crippen LogP contribution in [-0.4, -0.2) is 50.0 Å². The molecule has 0 radical (unpaired) electrons. The van der Waals surface area contributed by atoms with Gasteiger partial charge in [-0.15, -0.1) is 0 Å². The Labute approximate surface area is 229 Å². The summed E-state index contributed by atoms with van der Waals surface area (Å²) in [5.74, 6) is -0.585. The smallest absolute Gasteiger partial charge is 0.244 e. The van der Waals surface area contributed by atoms with Crippen LogP contribution in [0.15, 0.2) is 53.0 Å². The maximum absolute atomic E-state index is 13.8. The van der Waals surface area contributed by atoms with Crippen LogP contribution < -0.4 is 9.62 Å². The number of hydrogen-bond donors (Lipinski definition) is 1. The summed E-state index contributed by atoms with van der Waals surface area (Å²) < 4.78 is 27.9.